The van der Waals surface area contributed by atoms with Gasteiger partial charge in [-0.25, -0.2) is 5.53 Å². The van der Waals surface area contributed by atoms with E-state index in [4.69, 9.17) is 10.8 Å². The van der Waals surface area contributed by atoms with Crippen LogP contribution in [0.4, 0.5) is 0 Å². The molecule has 10 heteroatoms. The van der Waals surface area contributed by atoms with E-state index in [-0.39, 0.29) is 10.8 Å². The maximum Gasteiger partial charge on any atom is 0.352 e. The lowest BCUT2D eigenvalue weighted by Crippen LogP contribution is -2.54. The Morgan fingerprint density at radius 3 is 2.26 bits per heavy atom. The lowest BCUT2D eigenvalue weighted by molar-refractivity contribution is -0.138. The van der Waals surface area contributed by atoms with E-state index in [1.807, 2.05) is 13.8 Å². The van der Waals surface area contributed by atoms with Gasteiger partial charge in [-0.3, -0.25) is 9.59 Å². The van der Waals surface area contributed by atoms with Gasteiger partial charge in [0, 0.05) is 12.1 Å². The molecule has 1 atom stereocenters. The van der Waals surface area contributed by atoms with Gasteiger partial charge in [0.05, 0.1) is 17.0 Å². The molecule has 0 fully saturated rings. The van der Waals surface area contributed by atoms with Crippen molar-refractivity contribution < 1.29 is 18.4 Å². The first kappa shape index (κ1) is 26.4. The quantitative estimate of drug-likeness (QED) is 0.281. The number of nitriles is 1. The van der Waals surface area contributed by atoms with Crippen LogP contribution in [0.3, 0.4) is 0 Å². The van der Waals surface area contributed by atoms with Crippen molar-refractivity contribution in [2.24, 2.45) is 16.4 Å². The molecule has 0 aromatic heterocycles. The average molecular weight is 451 g/mol. The van der Waals surface area contributed by atoms with Crippen LogP contribution in [0, 0.1) is 28.2 Å². The third-order valence-corrected chi connectivity index (χ3v) is 7.29. The molecule has 0 aliphatic rings. The molecule has 1 rings (SSSR count). The fourth-order valence-electron chi connectivity index (χ4n) is 2.54. The van der Waals surface area contributed by atoms with Gasteiger partial charge in [-0.2, -0.15) is 14.9 Å². The molecule has 1 aromatic carbocycles. The smallest absolute Gasteiger partial charge is 0.352 e. The highest BCUT2D eigenvalue weighted by molar-refractivity contribution is 7.96. The molecule has 2 amide bonds. The maximum absolute atomic E-state index is 13.2. The van der Waals surface area contributed by atoms with Gasteiger partial charge >= 0.3 is 10.4 Å². The van der Waals surface area contributed by atoms with Crippen LogP contribution in [0.25, 0.3) is 0 Å². The van der Waals surface area contributed by atoms with Gasteiger partial charge in [-0.05, 0) is 68.5 Å². The molecule has 1 aromatic rings. The summed E-state index contributed by atoms with van der Waals surface area (Å²) in [6.45, 7) is 10.1. The van der Waals surface area contributed by atoms with Crippen LogP contribution in [0.15, 0.2) is 34.3 Å². The lowest BCUT2D eigenvalue weighted by atomic mass is 9.74. The van der Waals surface area contributed by atoms with E-state index in [1.165, 1.54) is 38.1 Å². The summed E-state index contributed by atoms with van der Waals surface area (Å²) in [6, 6.07) is 7.15. The molecular weight excluding hydrogens is 418 g/mol. The Morgan fingerprint density at radius 2 is 1.81 bits per heavy atom. The van der Waals surface area contributed by atoms with Gasteiger partial charge in [0.1, 0.15) is 0 Å². The van der Waals surface area contributed by atoms with Crippen LogP contribution in [-0.2, 0) is 19.4 Å². The minimum Gasteiger partial charge on any atom is -0.352 e. The van der Waals surface area contributed by atoms with Crippen LogP contribution in [0.2, 0.25) is 0 Å². The second-order valence-electron chi connectivity index (χ2n) is 8.76. The maximum atomic E-state index is 13.2. The first-order valence-electron chi connectivity index (χ1n) is 9.95. The van der Waals surface area contributed by atoms with Crippen LogP contribution in [-0.4, -0.2) is 39.3 Å². The Kier molecular flexibility index (Phi) is 8.61. The number of nitrogens with one attached hydrogen (secondary N) is 2. The number of nitrogens with zero attached hydrogens (tertiary/aromatic N) is 3. The van der Waals surface area contributed by atoms with E-state index in [0.717, 1.165) is 6.42 Å². The van der Waals surface area contributed by atoms with Crippen molar-refractivity contribution in [2.45, 2.75) is 58.4 Å². The molecule has 9 nitrogen and oxygen atoms in total. The molecular formula is C21H32N5O4S+. The van der Waals surface area contributed by atoms with E-state index in [9.17, 15) is 18.4 Å². The highest BCUT2D eigenvalue weighted by Gasteiger charge is 2.53. The van der Waals surface area contributed by atoms with Gasteiger partial charge in [0.25, 0.3) is 11.8 Å². The average Bonchev–Trinajstić information content (AvgIpc) is 2.70. The first-order chi connectivity index (χ1) is 14.2. The van der Waals surface area contributed by atoms with Crippen molar-refractivity contribution in [1.29, 1.82) is 10.8 Å². The molecule has 0 aliphatic carbocycles. The highest BCUT2D eigenvalue weighted by atomic mass is 32.3. The van der Waals surface area contributed by atoms with Crippen LogP contribution in [0.1, 0.15) is 58.3 Å². The highest BCUT2D eigenvalue weighted by Crippen LogP contribution is 2.38. The number of rotatable bonds is 10. The number of benzene rings is 1. The summed E-state index contributed by atoms with van der Waals surface area (Å²) >= 11 is 0. The molecule has 0 radical (unpaired) electrons. The van der Waals surface area contributed by atoms with Crippen LogP contribution < -0.4 is 5.32 Å². The minimum absolute atomic E-state index is 0.105. The van der Waals surface area contributed by atoms with Crippen LogP contribution >= 0.6 is 0 Å². The Bertz CT molecular complexity index is 903. The van der Waals surface area contributed by atoms with Crippen LogP contribution in [0.5, 0.6) is 0 Å². The fourth-order valence-corrected chi connectivity index (χ4v) is 3.97. The lowest BCUT2D eigenvalue weighted by Gasteiger charge is -2.37. The molecule has 3 N–H and O–H groups in total. The number of hydrogen-bond donors (Lipinski definition) is 3. The van der Waals surface area contributed by atoms with Gasteiger partial charge in [-0.1, -0.05) is 13.8 Å². The summed E-state index contributed by atoms with van der Waals surface area (Å²) in [5.41, 5.74) is 5.20. The minimum atomic E-state index is -4.11. The number of hydrogen-bond acceptors (Lipinski definition) is 6. The van der Waals surface area contributed by atoms with E-state index in [0.29, 0.717) is 22.3 Å². The Morgan fingerprint density at radius 1 is 1.26 bits per heavy atom. The summed E-state index contributed by atoms with van der Waals surface area (Å²) in [6.07, 6.45) is 0.830. The normalized spacial score (nSPS) is 13.8. The molecule has 31 heavy (non-hydrogen) atoms. The predicted octanol–water partition coefficient (Wildman–Crippen LogP) is 3.90. The zero-order valence-corrected chi connectivity index (χ0v) is 19.7. The summed E-state index contributed by atoms with van der Waals surface area (Å²) in [4.78, 5) is 25.3. The Balaban J connectivity index is 3.19. The SMILES string of the molecule is CC(C)CCNC(=O)c1ccc([S+](=O)(O)N(CC#N)C(=O)C(C)(C)C(C)(C)N=N)cc1. The molecule has 1 unspecified atom stereocenters. The van der Waals surface area contributed by atoms with Crippen molar-refractivity contribution in [2.75, 3.05) is 13.1 Å². The Labute approximate surface area is 185 Å². The van der Waals surface area contributed by atoms with Crippen molar-refractivity contribution in [3.63, 3.8) is 0 Å². The third-order valence-electron chi connectivity index (χ3n) is 5.51. The fraction of sp³-hybridized carbons (Fsp3) is 0.571. The largest absolute Gasteiger partial charge is 0.352 e. The summed E-state index contributed by atoms with van der Waals surface area (Å²) in [5, 5.41) is 15.4. The molecule has 0 saturated heterocycles. The molecule has 0 spiro atoms. The van der Waals surface area contributed by atoms with E-state index in [2.05, 4.69) is 10.4 Å². The van der Waals surface area contributed by atoms with Crippen molar-refractivity contribution in [1.82, 2.24) is 9.62 Å². The Hall–Kier alpha value is -2.64. The number of carbonyl (C=O) groups excluding carboxylic acids is 2. The van der Waals surface area contributed by atoms with Gasteiger partial charge in [0.15, 0.2) is 6.54 Å². The molecule has 0 saturated carbocycles. The van der Waals surface area contributed by atoms with Crippen molar-refractivity contribution >= 4 is 22.2 Å². The monoisotopic (exact) mass is 450 g/mol. The van der Waals surface area contributed by atoms with E-state index < -0.39 is 33.8 Å². The van der Waals surface area contributed by atoms with Gasteiger partial charge < -0.3 is 5.32 Å². The number of carbonyl (C=O) groups is 2. The predicted molar refractivity (Wildman–Crippen MR) is 118 cm³/mol. The van der Waals surface area contributed by atoms with Gasteiger partial charge in [0.2, 0.25) is 4.90 Å². The zero-order chi connectivity index (χ0) is 24.0. The second-order valence-corrected chi connectivity index (χ2v) is 10.7. The summed E-state index contributed by atoms with van der Waals surface area (Å²) < 4.78 is 24.6. The molecule has 0 bridgehead atoms. The molecule has 0 aliphatic heterocycles. The molecule has 170 valence electrons. The third kappa shape index (κ3) is 5.95. The zero-order valence-electron chi connectivity index (χ0n) is 18.9. The van der Waals surface area contributed by atoms with Crippen molar-refractivity contribution in [3.8, 4) is 6.07 Å². The number of amides is 2. The topological polar surface area (TPSA) is 147 Å². The standard InChI is InChI=1S/C21H31N5O4S/c1-15(2)11-13-24-18(27)16-7-9-17(10-8-16)31(29,30)26(14-12-22)19(28)20(3,4)21(5,6)25-23/h7-10,15,23H,11,13-14H2,1-6H3,(H-,24,27,29,30)/p+1. The molecule has 0 heterocycles. The van der Waals surface area contributed by atoms with E-state index >= 15 is 0 Å². The van der Waals surface area contributed by atoms with Gasteiger partial charge in [-0.15, -0.1) is 4.31 Å². The van der Waals surface area contributed by atoms with E-state index in [1.54, 1.807) is 19.9 Å². The van der Waals surface area contributed by atoms with Crippen molar-refractivity contribution in [3.05, 3.63) is 29.8 Å². The second kappa shape index (κ2) is 10.1. The summed E-state index contributed by atoms with van der Waals surface area (Å²) in [7, 11) is -4.11. The first-order valence-corrected chi connectivity index (χ1v) is 11.4. The summed E-state index contributed by atoms with van der Waals surface area (Å²) in [5.74, 6) is -0.637.